The molecule has 6 heteroatoms. The van der Waals surface area contributed by atoms with Crippen LogP contribution in [0, 0.1) is 0 Å². The van der Waals surface area contributed by atoms with Crippen LogP contribution in [0.2, 0.25) is 0 Å². The van der Waals surface area contributed by atoms with Crippen LogP contribution in [0.1, 0.15) is 45.9 Å². The van der Waals surface area contributed by atoms with Crippen molar-refractivity contribution in [1.82, 2.24) is 15.5 Å². The molecule has 0 amide bonds. The van der Waals surface area contributed by atoms with Crippen LogP contribution in [0.3, 0.4) is 0 Å². The van der Waals surface area contributed by atoms with Gasteiger partial charge in [0.2, 0.25) is 5.89 Å². The van der Waals surface area contributed by atoms with E-state index < -0.39 is 5.60 Å². The molecule has 2 N–H and O–H groups in total. The highest BCUT2D eigenvalue weighted by molar-refractivity contribution is 5.24. The molecule has 1 fully saturated rings. The first kappa shape index (κ1) is 14.3. The third-order valence-corrected chi connectivity index (χ3v) is 3.45. The van der Waals surface area contributed by atoms with Crippen LogP contribution >= 0.6 is 0 Å². The van der Waals surface area contributed by atoms with Gasteiger partial charge in [-0.2, -0.15) is 0 Å². The van der Waals surface area contributed by atoms with Crippen molar-refractivity contribution in [2.75, 3.05) is 18.0 Å². The lowest BCUT2D eigenvalue weighted by Gasteiger charge is -2.21. The Kier molecular flexibility index (Phi) is 4.42. The van der Waals surface area contributed by atoms with E-state index in [-0.39, 0.29) is 0 Å². The van der Waals surface area contributed by atoms with E-state index in [1.807, 2.05) is 6.92 Å². The third-order valence-electron chi connectivity index (χ3n) is 3.45. The summed E-state index contributed by atoms with van der Waals surface area (Å²) in [5.41, 5.74) is -0.573. The van der Waals surface area contributed by atoms with Crippen LogP contribution < -0.4 is 10.2 Å². The molecule has 1 unspecified atom stereocenters. The summed E-state index contributed by atoms with van der Waals surface area (Å²) in [5.74, 6) is 0.611. The largest absolute Gasteiger partial charge is 0.407 e. The molecule has 2 rings (SSSR count). The van der Waals surface area contributed by atoms with E-state index in [1.165, 1.54) is 0 Å². The van der Waals surface area contributed by atoms with Gasteiger partial charge in [-0.15, -0.1) is 5.10 Å². The maximum atomic E-state index is 10.1. The minimum atomic E-state index is -0.573. The topological polar surface area (TPSA) is 74.4 Å². The van der Waals surface area contributed by atoms with Crippen molar-refractivity contribution in [3.05, 3.63) is 5.89 Å². The van der Waals surface area contributed by atoms with Crippen molar-refractivity contribution in [3.63, 3.8) is 0 Å². The fraction of sp³-hybridized carbons (Fsp3) is 0.846. The van der Waals surface area contributed by atoms with Gasteiger partial charge in [-0.25, -0.2) is 0 Å². The van der Waals surface area contributed by atoms with Crippen LogP contribution in [-0.4, -0.2) is 40.0 Å². The summed E-state index contributed by atoms with van der Waals surface area (Å²) in [6.45, 7) is 8.25. The predicted molar refractivity (Wildman–Crippen MR) is 73.0 cm³/mol. The number of hydrogen-bond acceptors (Lipinski definition) is 6. The Balaban J connectivity index is 1.94. The number of nitrogens with zero attached hydrogens (tertiary/aromatic N) is 3. The first-order valence-electron chi connectivity index (χ1n) is 6.99. The summed E-state index contributed by atoms with van der Waals surface area (Å²) in [7, 11) is 0. The molecule has 0 aromatic carbocycles. The molecular formula is C13H24N4O2. The van der Waals surface area contributed by atoms with Crippen LogP contribution in [0.15, 0.2) is 4.42 Å². The van der Waals surface area contributed by atoms with Gasteiger partial charge in [0.25, 0.3) is 0 Å². The van der Waals surface area contributed by atoms with Gasteiger partial charge in [-0.1, -0.05) is 18.9 Å². The molecule has 1 aromatic rings. The molecule has 0 aliphatic carbocycles. The maximum Gasteiger partial charge on any atom is 0.318 e. The van der Waals surface area contributed by atoms with Crippen molar-refractivity contribution >= 4 is 6.01 Å². The Morgan fingerprint density at radius 1 is 1.37 bits per heavy atom. The highest BCUT2D eigenvalue weighted by Gasteiger charge is 2.26. The Morgan fingerprint density at radius 2 is 2.16 bits per heavy atom. The molecule has 1 aliphatic heterocycles. The SMILES string of the molecule is CC(C)NCc1nnc(N2CCCC(C)(O)CC2)o1. The molecule has 2 heterocycles. The zero-order valence-corrected chi connectivity index (χ0v) is 12.0. The molecule has 1 saturated heterocycles. The fourth-order valence-corrected chi connectivity index (χ4v) is 2.19. The second kappa shape index (κ2) is 5.88. The van der Waals surface area contributed by atoms with E-state index in [0.29, 0.717) is 24.5 Å². The summed E-state index contributed by atoms with van der Waals surface area (Å²) in [6.07, 6.45) is 2.49. The molecule has 1 aromatic heterocycles. The Hall–Kier alpha value is -1.14. The van der Waals surface area contributed by atoms with Crippen LogP contribution in [0.5, 0.6) is 0 Å². The molecule has 0 bridgehead atoms. The lowest BCUT2D eigenvalue weighted by atomic mass is 9.98. The predicted octanol–water partition coefficient (Wildman–Crippen LogP) is 1.31. The number of aliphatic hydroxyl groups is 1. The van der Waals surface area contributed by atoms with E-state index in [4.69, 9.17) is 4.42 Å². The highest BCUT2D eigenvalue weighted by Crippen LogP contribution is 2.24. The standard InChI is InChI=1S/C13H24N4O2/c1-10(2)14-9-11-15-16-12(19-11)17-7-4-5-13(3,18)6-8-17/h10,14,18H,4-9H2,1-3H3. The smallest absolute Gasteiger partial charge is 0.318 e. The van der Waals surface area contributed by atoms with Gasteiger partial charge >= 0.3 is 6.01 Å². The number of anilines is 1. The summed E-state index contributed by atoms with van der Waals surface area (Å²) >= 11 is 0. The minimum absolute atomic E-state index is 0.392. The molecule has 0 spiro atoms. The fourth-order valence-electron chi connectivity index (χ4n) is 2.19. The second-order valence-corrected chi connectivity index (χ2v) is 5.85. The molecule has 0 saturated carbocycles. The van der Waals surface area contributed by atoms with Gasteiger partial charge in [0.1, 0.15) is 0 Å². The zero-order valence-electron chi connectivity index (χ0n) is 12.0. The zero-order chi connectivity index (χ0) is 13.9. The van der Waals surface area contributed by atoms with Gasteiger partial charge in [0, 0.05) is 19.1 Å². The number of aromatic nitrogens is 2. The Labute approximate surface area is 114 Å². The normalized spacial score (nSPS) is 24.8. The van der Waals surface area contributed by atoms with Gasteiger partial charge in [-0.3, -0.25) is 0 Å². The quantitative estimate of drug-likeness (QED) is 0.857. The maximum absolute atomic E-state index is 10.1. The molecule has 0 radical (unpaired) electrons. The number of nitrogens with one attached hydrogen (secondary N) is 1. The van der Waals surface area contributed by atoms with E-state index in [0.717, 1.165) is 32.4 Å². The molecule has 108 valence electrons. The van der Waals surface area contributed by atoms with E-state index in [2.05, 4.69) is 34.3 Å². The third kappa shape index (κ3) is 4.18. The average Bonchev–Trinajstić information content (AvgIpc) is 2.72. The lowest BCUT2D eigenvalue weighted by molar-refractivity contribution is 0.0481. The van der Waals surface area contributed by atoms with Crippen molar-refractivity contribution < 1.29 is 9.52 Å². The van der Waals surface area contributed by atoms with Crippen molar-refractivity contribution in [2.24, 2.45) is 0 Å². The van der Waals surface area contributed by atoms with Crippen molar-refractivity contribution in [1.29, 1.82) is 0 Å². The lowest BCUT2D eigenvalue weighted by Crippen LogP contribution is -2.28. The van der Waals surface area contributed by atoms with Crippen molar-refractivity contribution in [3.8, 4) is 0 Å². The van der Waals surface area contributed by atoms with Gasteiger partial charge in [-0.05, 0) is 26.2 Å². The molecule has 6 nitrogen and oxygen atoms in total. The summed E-state index contributed by atoms with van der Waals surface area (Å²) in [4.78, 5) is 2.06. The van der Waals surface area contributed by atoms with Gasteiger partial charge < -0.3 is 19.7 Å². The van der Waals surface area contributed by atoms with Gasteiger partial charge in [0.15, 0.2) is 0 Å². The minimum Gasteiger partial charge on any atom is -0.407 e. The van der Waals surface area contributed by atoms with Gasteiger partial charge in [0.05, 0.1) is 12.1 Å². The molecule has 1 atom stereocenters. The Morgan fingerprint density at radius 3 is 2.89 bits per heavy atom. The second-order valence-electron chi connectivity index (χ2n) is 5.85. The number of rotatable bonds is 4. The summed E-state index contributed by atoms with van der Waals surface area (Å²) < 4.78 is 5.66. The monoisotopic (exact) mass is 268 g/mol. The molecule has 1 aliphatic rings. The highest BCUT2D eigenvalue weighted by atomic mass is 16.4. The average molecular weight is 268 g/mol. The molecule has 19 heavy (non-hydrogen) atoms. The van der Waals surface area contributed by atoms with Crippen LogP contribution in [0.25, 0.3) is 0 Å². The van der Waals surface area contributed by atoms with Crippen LogP contribution in [-0.2, 0) is 6.54 Å². The van der Waals surface area contributed by atoms with E-state index >= 15 is 0 Å². The van der Waals surface area contributed by atoms with E-state index in [9.17, 15) is 5.11 Å². The number of hydrogen-bond donors (Lipinski definition) is 2. The van der Waals surface area contributed by atoms with Crippen LogP contribution in [0.4, 0.5) is 6.01 Å². The first-order chi connectivity index (χ1) is 8.96. The summed E-state index contributed by atoms with van der Waals surface area (Å²) in [6, 6.07) is 0.960. The van der Waals surface area contributed by atoms with Crippen molar-refractivity contribution in [2.45, 2.75) is 58.2 Å². The Bertz CT molecular complexity index is 403. The first-order valence-corrected chi connectivity index (χ1v) is 6.99. The molecular weight excluding hydrogens is 244 g/mol. The summed E-state index contributed by atoms with van der Waals surface area (Å²) in [5, 5.41) is 21.5. The van der Waals surface area contributed by atoms with E-state index in [1.54, 1.807) is 0 Å².